The summed E-state index contributed by atoms with van der Waals surface area (Å²) >= 11 is 6.22. The molecule has 3 aromatic rings. The number of alkyl halides is 3. The molecule has 43 heavy (non-hydrogen) atoms. The summed E-state index contributed by atoms with van der Waals surface area (Å²) in [7, 11) is -3.82. The molecule has 0 N–H and O–H groups in total. The topological polar surface area (TPSA) is 126 Å². The van der Waals surface area contributed by atoms with Gasteiger partial charge in [0.15, 0.2) is 10.8 Å². The Hall–Kier alpha value is -3.06. The van der Waals surface area contributed by atoms with Gasteiger partial charge in [-0.15, -0.1) is 0 Å². The quantitative estimate of drug-likeness (QED) is 0.133. The van der Waals surface area contributed by atoms with E-state index in [0.717, 1.165) is 5.56 Å². The molecule has 0 spiro atoms. The minimum absolute atomic E-state index is 0.00217. The van der Waals surface area contributed by atoms with E-state index >= 15 is 0 Å². The normalized spacial score (nSPS) is 12.9. The number of rotatable bonds is 11. The summed E-state index contributed by atoms with van der Waals surface area (Å²) in [5, 5.41) is -0.339. The molecule has 1 aromatic carbocycles. The van der Waals surface area contributed by atoms with Gasteiger partial charge in [0.25, 0.3) is 0 Å². The van der Waals surface area contributed by atoms with Crippen molar-refractivity contribution in [1.29, 1.82) is 0 Å². The van der Waals surface area contributed by atoms with Gasteiger partial charge in [0.1, 0.15) is 18.7 Å². The third kappa shape index (κ3) is 10.3. The number of nitrogens with zero attached hydrogens (tertiary/aromatic N) is 5. The van der Waals surface area contributed by atoms with Crippen LogP contribution >= 0.6 is 19.2 Å². The summed E-state index contributed by atoms with van der Waals surface area (Å²) < 4.78 is 72.4. The molecule has 0 unspecified atom stereocenters. The molecule has 0 saturated heterocycles. The van der Waals surface area contributed by atoms with E-state index in [9.17, 15) is 27.3 Å². The number of carbonyl (C=O) groups excluding carboxylic acids is 2. The van der Waals surface area contributed by atoms with E-state index in [-0.39, 0.29) is 47.0 Å². The highest BCUT2D eigenvalue weighted by molar-refractivity contribution is 7.53. The molecule has 3 rings (SSSR count). The van der Waals surface area contributed by atoms with Crippen molar-refractivity contribution < 1.29 is 41.1 Å². The zero-order valence-corrected chi connectivity index (χ0v) is 26.3. The van der Waals surface area contributed by atoms with Crippen molar-refractivity contribution in [1.82, 2.24) is 19.5 Å². The summed E-state index contributed by atoms with van der Waals surface area (Å²) in [5.74, 6) is -3.61. The van der Waals surface area contributed by atoms with Gasteiger partial charge in [-0.25, -0.2) is 4.98 Å². The van der Waals surface area contributed by atoms with Crippen LogP contribution in [0.15, 0.2) is 36.7 Å². The maximum atomic E-state index is 13.7. The zero-order chi connectivity index (χ0) is 32.2. The number of anilines is 1. The highest BCUT2D eigenvalue weighted by Crippen LogP contribution is 2.54. The van der Waals surface area contributed by atoms with Gasteiger partial charge < -0.3 is 18.4 Å². The van der Waals surface area contributed by atoms with E-state index in [2.05, 4.69) is 15.0 Å². The van der Waals surface area contributed by atoms with Crippen molar-refractivity contribution in [2.45, 2.75) is 78.5 Å². The van der Waals surface area contributed by atoms with Crippen molar-refractivity contribution in [3.05, 3.63) is 47.4 Å². The monoisotopic (exact) mass is 647 g/mol. The van der Waals surface area contributed by atoms with Gasteiger partial charge in [0.05, 0.1) is 23.7 Å². The summed E-state index contributed by atoms with van der Waals surface area (Å²) in [5.41, 5.74) is -1.10. The van der Waals surface area contributed by atoms with Crippen molar-refractivity contribution in [3.8, 4) is 0 Å². The number of amides is 1. The third-order valence-electron chi connectivity index (χ3n) is 5.32. The number of halogens is 4. The van der Waals surface area contributed by atoms with E-state index in [0.29, 0.717) is 0 Å². The predicted molar refractivity (Wildman–Crippen MR) is 154 cm³/mol. The maximum absolute atomic E-state index is 13.7. The summed E-state index contributed by atoms with van der Waals surface area (Å²) in [6.07, 6.45) is -4.61. The molecule has 0 bridgehead atoms. The molecule has 0 aliphatic heterocycles. The average Bonchev–Trinajstić information content (AvgIpc) is 3.25. The van der Waals surface area contributed by atoms with Crippen LogP contribution in [0.1, 0.15) is 53.5 Å². The molecule has 0 aliphatic rings. The molecule has 0 saturated carbocycles. The predicted octanol–water partition coefficient (Wildman–Crippen LogP) is 6.33. The van der Waals surface area contributed by atoms with E-state index in [1.165, 1.54) is 10.9 Å². The van der Waals surface area contributed by atoms with E-state index in [1.807, 2.05) is 6.07 Å². The molecule has 0 aliphatic carbocycles. The van der Waals surface area contributed by atoms with Crippen molar-refractivity contribution in [2.75, 3.05) is 17.6 Å². The number of imidazole rings is 1. The van der Waals surface area contributed by atoms with Crippen LogP contribution in [0.3, 0.4) is 0 Å². The van der Waals surface area contributed by atoms with Crippen molar-refractivity contribution in [3.63, 3.8) is 0 Å². The standard InChI is InChI=1S/C27H34ClF3N5O6P/c1-25(2,3)41-43(39,42-26(4,5)6)14-10-13-36(23(38)27(29,30)31)24-33-21(28)20-22(34-24)35(17-32-20)15-19(37)40-16-18-11-8-7-9-12-18/h7-9,11-12,17H,10,13-16H2,1-6H3. The first-order valence-corrected chi connectivity index (χ1v) is 15.3. The van der Waals surface area contributed by atoms with Gasteiger partial charge >= 0.3 is 25.6 Å². The number of carbonyl (C=O) groups is 2. The highest BCUT2D eigenvalue weighted by atomic mass is 35.5. The van der Waals surface area contributed by atoms with Crippen LogP contribution in [0.2, 0.25) is 5.15 Å². The Morgan fingerprint density at radius 3 is 2.16 bits per heavy atom. The summed E-state index contributed by atoms with van der Waals surface area (Å²) in [6.45, 7) is 9.00. The number of hydrogen-bond acceptors (Lipinski definition) is 9. The smallest absolute Gasteiger partial charge is 0.459 e. The number of ether oxygens (including phenoxy) is 1. The maximum Gasteiger partial charge on any atom is 0.471 e. The Morgan fingerprint density at radius 1 is 1.00 bits per heavy atom. The van der Waals surface area contributed by atoms with Gasteiger partial charge in [-0.05, 0) is 53.5 Å². The van der Waals surface area contributed by atoms with E-state index in [1.54, 1.807) is 65.8 Å². The minimum Gasteiger partial charge on any atom is -0.459 e. The fourth-order valence-electron chi connectivity index (χ4n) is 3.87. The fourth-order valence-corrected chi connectivity index (χ4v) is 6.50. The van der Waals surface area contributed by atoms with Crippen LogP contribution in [-0.4, -0.2) is 61.5 Å². The lowest BCUT2D eigenvalue weighted by atomic mass is 10.2. The molecule has 2 heterocycles. The van der Waals surface area contributed by atoms with Gasteiger partial charge in [0, 0.05) is 6.54 Å². The Bertz CT molecular complexity index is 1470. The van der Waals surface area contributed by atoms with Gasteiger partial charge in [-0.1, -0.05) is 41.9 Å². The average molecular weight is 648 g/mol. The lowest BCUT2D eigenvalue weighted by molar-refractivity contribution is -0.170. The molecule has 0 radical (unpaired) electrons. The molecule has 11 nitrogen and oxygen atoms in total. The Morgan fingerprint density at radius 2 is 1.60 bits per heavy atom. The van der Waals surface area contributed by atoms with Gasteiger partial charge in [-0.2, -0.15) is 23.1 Å². The number of aromatic nitrogens is 4. The number of hydrogen-bond donors (Lipinski definition) is 0. The fraction of sp³-hybridized carbons (Fsp3) is 0.519. The molecule has 2 aromatic heterocycles. The minimum atomic E-state index is -5.29. The second-order valence-corrected chi connectivity index (χ2v) is 13.9. The Balaban J connectivity index is 1.87. The molecule has 236 valence electrons. The lowest BCUT2D eigenvalue weighted by Crippen LogP contribution is -2.43. The first-order chi connectivity index (χ1) is 19.8. The molecular formula is C27H34ClF3N5O6P. The number of esters is 1. The number of fused-ring (bicyclic) bond motifs is 1. The molecule has 1 amide bonds. The first kappa shape index (κ1) is 34.4. The molecule has 16 heteroatoms. The van der Waals surface area contributed by atoms with Crippen molar-refractivity contribution >= 4 is 48.2 Å². The second kappa shape index (κ2) is 13.3. The van der Waals surface area contributed by atoms with Crippen LogP contribution < -0.4 is 4.90 Å². The largest absolute Gasteiger partial charge is 0.471 e. The summed E-state index contributed by atoms with van der Waals surface area (Å²) in [4.78, 5) is 37.3. The molecule has 0 atom stereocenters. The third-order valence-corrected chi connectivity index (χ3v) is 8.10. The van der Waals surface area contributed by atoms with Crippen LogP contribution in [0, 0.1) is 0 Å². The van der Waals surface area contributed by atoms with E-state index < -0.39 is 49.3 Å². The number of benzene rings is 1. The van der Waals surface area contributed by atoms with Gasteiger partial charge in [-0.3, -0.25) is 19.1 Å². The SMILES string of the molecule is CC(C)(C)OP(=O)(CCCN(C(=O)C(F)(F)F)c1nc(Cl)c2ncn(CC(=O)OCc3ccccc3)c2n1)OC(C)(C)C. The highest BCUT2D eigenvalue weighted by Gasteiger charge is 2.44. The molecule has 0 fully saturated rings. The van der Waals surface area contributed by atoms with Gasteiger partial charge in [0.2, 0.25) is 5.95 Å². The Labute approximate surface area is 252 Å². The van der Waals surface area contributed by atoms with Crippen LogP contribution in [-0.2, 0) is 41.1 Å². The van der Waals surface area contributed by atoms with Crippen molar-refractivity contribution in [2.24, 2.45) is 0 Å². The van der Waals surface area contributed by atoms with Crippen LogP contribution in [0.4, 0.5) is 19.1 Å². The second-order valence-electron chi connectivity index (χ2n) is 11.6. The van der Waals surface area contributed by atoms with Crippen LogP contribution in [0.25, 0.3) is 11.2 Å². The Kier molecular flexibility index (Phi) is 10.6. The first-order valence-electron chi connectivity index (χ1n) is 13.2. The molecular weight excluding hydrogens is 614 g/mol. The van der Waals surface area contributed by atoms with E-state index in [4.69, 9.17) is 25.4 Å². The van der Waals surface area contributed by atoms with Crippen LogP contribution in [0.5, 0.6) is 0 Å². The lowest BCUT2D eigenvalue weighted by Gasteiger charge is -2.32. The summed E-state index contributed by atoms with van der Waals surface area (Å²) in [6, 6.07) is 8.93. The zero-order valence-electron chi connectivity index (χ0n) is 24.6.